The van der Waals surface area contributed by atoms with E-state index in [0.29, 0.717) is 24.7 Å². The van der Waals surface area contributed by atoms with Crippen LogP contribution in [0.1, 0.15) is 50.7 Å². The van der Waals surface area contributed by atoms with Crippen molar-refractivity contribution in [1.29, 1.82) is 0 Å². The zero-order valence-electron chi connectivity index (χ0n) is 10.5. The fourth-order valence-electron chi connectivity index (χ4n) is 1.52. The molecule has 4 nitrogen and oxygen atoms in total. The molecule has 0 atom stereocenters. The summed E-state index contributed by atoms with van der Waals surface area (Å²) in [5.41, 5.74) is 0. The molecule has 0 N–H and O–H groups in total. The number of hydrogen-bond donors (Lipinski definition) is 0. The van der Waals surface area contributed by atoms with Gasteiger partial charge in [-0.2, -0.15) is 4.98 Å². The fraction of sp³-hybridized carbons (Fsp3) is 0.833. The molecule has 98 valence electrons. The van der Waals surface area contributed by atoms with Crippen LogP contribution in [0.25, 0.3) is 0 Å². The first-order valence-corrected chi connectivity index (χ1v) is 6.85. The Labute approximate surface area is 108 Å². The molecule has 0 aliphatic heterocycles. The van der Waals surface area contributed by atoms with E-state index >= 15 is 0 Å². The molecule has 0 fully saturated rings. The van der Waals surface area contributed by atoms with Crippen molar-refractivity contribution in [3.8, 4) is 0 Å². The Kier molecular flexibility index (Phi) is 8.01. The van der Waals surface area contributed by atoms with Gasteiger partial charge in [0.2, 0.25) is 5.89 Å². The Bertz CT molecular complexity index is 292. The molecule has 0 amide bonds. The van der Waals surface area contributed by atoms with Gasteiger partial charge in [0.05, 0.1) is 6.61 Å². The lowest BCUT2D eigenvalue weighted by Gasteiger charge is -2.02. The van der Waals surface area contributed by atoms with Gasteiger partial charge in [-0.25, -0.2) is 0 Å². The molecule has 1 rings (SSSR count). The van der Waals surface area contributed by atoms with Crippen molar-refractivity contribution >= 4 is 11.6 Å². The highest BCUT2D eigenvalue weighted by molar-refractivity contribution is 6.16. The van der Waals surface area contributed by atoms with Crippen molar-refractivity contribution in [2.45, 2.75) is 51.3 Å². The van der Waals surface area contributed by atoms with Gasteiger partial charge >= 0.3 is 0 Å². The maximum atomic E-state index is 5.56. The molecule has 17 heavy (non-hydrogen) atoms. The number of ether oxygens (including phenoxy) is 1. The standard InChI is InChI=1S/C12H21ClN2O2/c1-2-3-4-5-6-8-16-9-7-11-14-12(10-13)17-15-11/h2-10H2,1H3. The van der Waals surface area contributed by atoms with Crippen LogP contribution in [-0.2, 0) is 17.0 Å². The molecule has 0 bridgehead atoms. The van der Waals surface area contributed by atoms with Gasteiger partial charge in [0.15, 0.2) is 5.82 Å². The molecule has 0 aliphatic carbocycles. The van der Waals surface area contributed by atoms with E-state index in [1.165, 1.54) is 25.7 Å². The SMILES string of the molecule is CCCCCCCOCCc1noc(CCl)n1. The molecular weight excluding hydrogens is 240 g/mol. The average molecular weight is 261 g/mol. The smallest absolute Gasteiger partial charge is 0.241 e. The molecule has 0 spiro atoms. The average Bonchev–Trinajstić information content (AvgIpc) is 2.80. The third-order valence-electron chi connectivity index (χ3n) is 2.49. The summed E-state index contributed by atoms with van der Waals surface area (Å²) < 4.78 is 10.4. The van der Waals surface area contributed by atoms with Crippen molar-refractivity contribution in [1.82, 2.24) is 10.1 Å². The lowest BCUT2D eigenvalue weighted by atomic mass is 10.2. The molecule has 0 unspecified atom stereocenters. The normalized spacial score (nSPS) is 10.9. The van der Waals surface area contributed by atoms with Crippen molar-refractivity contribution in [3.63, 3.8) is 0 Å². The van der Waals surface area contributed by atoms with E-state index < -0.39 is 0 Å². The highest BCUT2D eigenvalue weighted by Crippen LogP contribution is 2.03. The molecular formula is C12H21ClN2O2. The summed E-state index contributed by atoms with van der Waals surface area (Å²) in [6.45, 7) is 3.69. The highest BCUT2D eigenvalue weighted by Gasteiger charge is 2.04. The van der Waals surface area contributed by atoms with Gasteiger partial charge in [0, 0.05) is 13.0 Å². The first kappa shape index (κ1) is 14.5. The zero-order chi connectivity index (χ0) is 12.3. The second-order valence-corrected chi connectivity index (χ2v) is 4.28. The first-order valence-electron chi connectivity index (χ1n) is 6.32. The third kappa shape index (κ3) is 6.64. The van der Waals surface area contributed by atoms with Crippen molar-refractivity contribution in [3.05, 3.63) is 11.7 Å². The maximum absolute atomic E-state index is 5.56. The summed E-state index contributed by atoms with van der Waals surface area (Å²) in [5.74, 6) is 1.42. The molecule has 0 saturated heterocycles. The Balaban J connectivity index is 1.93. The largest absolute Gasteiger partial charge is 0.381 e. The fourth-order valence-corrected chi connectivity index (χ4v) is 1.63. The molecule has 0 radical (unpaired) electrons. The maximum Gasteiger partial charge on any atom is 0.241 e. The van der Waals surface area contributed by atoms with Gasteiger partial charge in [-0.1, -0.05) is 37.8 Å². The second-order valence-electron chi connectivity index (χ2n) is 4.01. The van der Waals surface area contributed by atoms with Gasteiger partial charge < -0.3 is 9.26 Å². The van der Waals surface area contributed by atoms with Gasteiger partial charge in [-0.15, -0.1) is 11.6 Å². The monoisotopic (exact) mass is 260 g/mol. The predicted molar refractivity (Wildman–Crippen MR) is 67.1 cm³/mol. The van der Waals surface area contributed by atoms with E-state index in [1.807, 2.05) is 0 Å². The summed E-state index contributed by atoms with van der Waals surface area (Å²) in [7, 11) is 0. The van der Waals surface area contributed by atoms with Gasteiger partial charge in [0.25, 0.3) is 0 Å². The van der Waals surface area contributed by atoms with Crippen LogP contribution in [0.3, 0.4) is 0 Å². The molecule has 1 aromatic rings. The number of halogens is 1. The Morgan fingerprint density at radius 1 is 1.18 bits per heavy atom. The number of hydrogen-bond acceptors (Lipinski definition) is 4. The van der Waals surface area contributed by atoms with Crippen LogP contribution in [0.5, 0.6) is 0 Å². The zero-order valence-corrected chi connectivity index (χ0v) is 11.2. The topological polar surface area (TPSA) is 48.2 Å². The highest BCUT2D eigenvalue weighted by atomic mass is 35.5. The van der Waals surface area contributed by atoms with Crippen LogP contribution in [0, 0.1) is 0 Å². The minimum absolute atomic E-state index is 0.269. The second kappa shape index (κ2) is 9.42. The lowest BCUT2D eigenvalue weighted by molar-refractivity contribution is 0.131. The predicted octanol–water partition coefficient (Wildman–Crippen LogP) is 3.34. The van der Waals surface area contributed by atoms with E-state index in [2.05, 4.69) is 17.1 Å². The number of unbranched alkanes of at least 4 members (excludes halogenated alkanes) is 4. The summed E-state index contributed by atoms with van der Waals surface area (Å²) >= 11 is 5.56. The number of nitrogens with zero attached hydrogens (tertiary/aromatic N) is 2. The molecule has 0 aromatic carbocycles. The Hall–Kier alpha value is -0.610. The van der Waals surface area contributed by atoms with Crippen LogP contribution in [0.2, 0.25) is 0 Å². The van der Waals surface area contributed by atoms with Crippen molar-refractivity contribution in [2.75, 3.05) is 13.2 Å². The molecule has 1 aromatic heterocycles. The summed E-state index contributed by atoms with van der Waals surface area (Å²) in [6, 6.07) is 0. The van der Waals surface area contributed by atoms with E-state index in [0.717, 1.165) is 13.0 Å². The van der Waals surface area contributed by atoms with E-state index in [1.54, 1.807) is 0 Å². The summed E-state index contributed by atoms with van der Waals surface area (Å²) in [5, 5.41) is 3.79. The van der Waals surface area contributed by atoms with Gasteiger partial charge in [0.1, 0.15) is 5.88 Å². The van der Waals surface area contributed by atoms with Crippen LogP contribution >= 0.6 is 11.6 Å². The number of alkyl halides is 1. The first-order chi connectivity index (χ1) is 8.36. The van der Waals surface area contributed by atoms with Crippen molar-refractivity contribution in [2.24, 2.45) is 0 Å². The van der Waals surface area contributed by atoms with Crippen LogP contribution in [-0.4, -0.2) is 23.4 Å². The molecule has 1 heterocycles. The minimum atomic E-state index is 0.269. The number of aromatic nitrogens is 2. The van der Waals surface area contributed by atoms with Crippen LogP contribution in [0.4, 0.5) is 0 Å². The Morgan fingerprint density at radius 2 is 2.00 bits per heavy atom. The van der Waals surface area contributed by atoms with Crippen LogP contribution < -0.4 is 0 Å². The number of rotatable bonds is 10. The van der Waals surface area contributed by atoms with Gasteiger partial charge in [-0.3, -0.25) is 0 Å². The van der Waals surface area contributed by atoms with E-state index in [4.69, 9.17) is 20.9 Å². The van der Waals surface area contributed by atoms with Crippen LogP contribution in [0.15, 0.2) is 4.52 Å². The van der Waals surface area contributed by atoms with E-state index in [-0.39, 0.29) is 5.88 Å². The Morgan fingerprint density at radius 3 is 2.71 bits per heavy atom. The lowest BCUT2D eigenvalue weighted by Crippen LogP contribution is -2.01. The molecule has 0 aliphatic rings. The quantitative estimate of drug-likeness (QED) is 0.478. The molecule has 5 heteroatoms. The van der Waals surface area contributed by atoms with Crippen molar-refractivity contribution < 1.29 is 9.26 Å². The third-order valence-corrected chi connectivity index (χ3v) is 2.72. The summed E-state index contributed by atoms with van der Waals surface area (Å²) in [4.78, 5) is 4.10. The van der Waals surface area contributed by atoms with Gasteiger partial charge in [-0.05, 0) is 6.42 Å². The molecule has 0 saturated carbocycles. The summed E-state index contributed by atoms with van der Waals surface area (Å²) in [6.07, 6.45) is 7.00. The van der Waals surface area contributed by atoms with E-state index in [9.17, 15) is 0 Å². The minimum Gasteiger partial charge on any atom is -0.381 e.